The van der Waals surface area contributed by atoms with Crippen molar-refractivity contribution in [3.05, 3.63) is 22.9 Å². The Labute approximate surface area is 102 Å². The van der Waals surface area contributed by atoms with Gasteiger partial charge in [0.1, 0.15) is 5.82 Å². The monoisotopic (exact) mass is 233 g/mol. The maximum Gasteiger partial charge on any atom is 0.249 e. The molecule has 2 N–H and O–H groups in total. The minimum Gasteiger partial charge on any atom is -0.366 e. The predicted octanol–water partition coefficient (Wildman–Crippen LogP) is 1.79. The standard InChI is InChI=1S/C13H19N3O/c1-8-5-4-6-16(8)12-7-11(13(14)17)9(2)10(3)15-12/h7-8H,4-6H2,1-3H3,(H2,14,17). The van der Waals surface area contributed by atoms with Crippen molar-refractivity contribution in [3.63, 3.8) is 0 Å². The fraction of sp³-hybridized carbons (Fsp3) is 0.538. The number of nitrogens with two attached hydrogens (primary N) is 1. The largest absolute Gasteiger partial charge is 0.366 e. The lowest BCUT2D eigenvalue weighted by Crippen LogP contribution is -2.28. The van der Waals surface area contributed by atoms with Gasteiger partial charge in [0.2, 0.25) is 5.91 Å². The predicted molar refractivity (Wildman–Crippen MR) is 68.3 cm³/mol. The molecule has 1 aliphatic heterocycles. The molecule has 92 valence electrons. The number of anilines is 1. The summed E-state index contributed by atoms with van der Waals surface area (Å²) in [6.07, 6.45) is 2.36. The van der Waals surface area contributed by atoms with Gasteiger partial charge < -0.3 is 10.6 Å². The van der Waals surface area contributed by atoms with E-state index >= 15 is 0 Å². The second-order valence-electron chi connectivity index (χ2n) is 4.79. The molecule has 1 aromatic rings. The molecule has 0 radical (unpaired) electrons. The molecule has 4 nitrogen and oxygen atoms in total. The molecular weight excluding hydrogens is 214 g/mol. The van der Waals surface area contributed by atoms with Crippen molar-refractivity contribution < 1.29 is 4.79 Å². The number of carbonyl (C=O) groups excluding carboxylic acids is 1. The molecule has 1 unspecified atom stereocenters. The van der Waals surface area contributed by atoms with Gasteiger partial charge in [-0.2, -0.15) is 0 Å². The first-order valence-electron chi connectivity index (χ1n) is 6.05. The quantitative estimate of drug-likeness (QED) is 0.847. The van der Waals surface area contributed by atoms with Crippen LogP contribution >= 0.6 is 0 Å². The van der Waals surface area contributed by atoms with Crippen molar-refractivity contribution in [1.29, 1.82) is 0 Å². The van der Waals surface area contributed by atoms with E-state index in [1.54, 1.807) is 0 Å². The highest BCUT2D eigenvalue weighted by Crippen LogP contribution is 2.26. The van der Waals surface area contributed by atoms with Crippen LogP contribution in [0.1, 0.15) is 41.4 Å². The number of hydrogen-bond acceptors (Lipinski definition) is 3. The summed E-state index contributed by atoms with van der Waals surface area (Å²) in [5, 5.41) is 0. The van der Waals surface area contributed by atoms with Crippen LogP contribution < -0.4 is 10.6 Å². The molecule has 17 heavy (non-hydrogen) atoms. The average Bonchev–Trinajstić information content (AvgIpc) is 2.68. The minimum atomic E-state index is -0.374. The minimum absolute atomic E-state index is 0.374. The van der Waals surface area contributed by atoms with Crippen LogP contribution in [0.2, 0.25) is 0 Å². The Bertz CT molecular complexity index is 456. The van der Waals surface area contributed by atoms with Crippen molar-refractivity contribution >= 4 is 11.7 Å². The van der Waals surface area contributed by atoms with Crippen molar-refractivity contribution in [2.24, 2.45) is 5.73 Å². The van der Waals surface area contributed by atoms with Gasteiger partial charge in [0.25, 0.3) is 0 Å². The zero-order chi connectivity index (χ0) is 12.6. The number of pyridine rings is 1. The Morgan fingerprint density at radius 1 is 1.53 bits per heavy atom. The van der Waals surface area contributed by atoms with Gasteiger partial charge in [0.15, 0.2) is 0 Å². The Morgan fingerprint density at radius 2 is 2.24 bits per heavy atom. The van der Waals surface area contributed by atoms with Gasteiger partial charge in [0.05, 0.1) is 0 Å². The molecule has 0 spiro atoms. The fourth-order valence-electron chi connectivity index (χ4n) is 2.40. The summed E-state index contributed by atoms with van der Waals surface area (Å²) in [6.45, 7) is 7.01. The highest BCUT2D eigenvalue weighted by atomic mass is 16.1. The van der Waals surface area contributed by atoms with Gasteiger partial charge >= 0.3 is 0 Å². The molecule has 1 amide bonds. The van der Waals surface area contributed by atoms with Crippen LogP contribution in [0.15, 0.2) is 6.07 Å². The van der Waals surface area contributed by atoms with Crippen LogP contribution in [-0.4, -0.2) is 23.5 Å². The smallest absolute Gasteiger partial charge is 0.249 e. The van der Waals surface area contributed by atoms with Gasteiger partial charge in [-0.05, 0) is 45.2 Å². The van der Waals surface area contributed by atoms with Crippen LogP contribution in [0, 0.1) is 13.8 Å². The van der Waals surface area contributed by atoms with Crippen LogP contribution in [0.25, 0.3) is 0 Å². The van der Waals surface area contributed by atoms with Crippen LogP contribution in [0.3, 0.4) is 0 Å². The second kappa shape index (κ2) is 4.35. The molecule has 2 heterocycles. The SMILES string of the molecule is Cc1nc(N2CCCC2C)cc(C(N)=O)c1C. The number of amides is 1. The Balaban J connectivity index is 2.45. The summed E-state index contributed by atoms with van der Waals surface area (Å²) in [6, 6.07) is 2.32. The van der Waals surface area contributed by atoms with E-state index in [-0.39, 0.29) is 5.91 Å². The summed E-state index contributed by atoms with van der Waals surface area (Å²) in [4.78, 5) is 18.2. The third-order valence-electron chi connectivity index (χ3n) is 3.62. The first-order valence-corrected chi connectivity index (χ1v) is 6.05. The van der Waals surface area contributed by atoms with E-state index < -0.39 is 0 Å². The van der Waals surface area contributed by atoms with Crippen LogP contribution in [0.4, 0.5) is 5.82 Å². The van der Waals surface area contributed by atoms with Gasteiger partial charge in [-0.1, -0.05) is 0 Å². The number of primary amides is 1. The zero-order valence-electron chi connectivity index (χ0n) is 10.7. The van der Waals surface area contributed by atoms with Crippen molar-refractivity contribution in [3.8, 4) is 0 Å². The molecule has 1 saturated heterocycles. The number of aromatic nitrogens is 1. The molecule has 0 aromatic carbocycles. The van der Waals surface area contributed by atoms with E-state index in [0.29, 0.717) is 11.6 Å². The Hall–Kier alpha value is -1.58. The third-order valence-corrected chi connectivity index (χ3v) is 3.62. The van der Waals surface area contributed by atoms with Crippen LogP contribution in [0.5, 0.6) is 0 Å². The van der Waals surface area contributed by atoms with Gasteiger partial charge in [-0.3, -0.25) is 4.79 Å². The maximum absolute atomic E-state index is 11.4. The number of rotatable bonds is 2. The first kappa shape index (κ1) is 11.9. The molecule has 0 aliphatic carbocycles. The Morgan fingerprint density at radius 3 is 2.76 bits per heavy atom. The normalized spacial score (nSPS) is 19.7. The lowest BCUT2D eigenvalue weighted by molar-refractivity contribution is 0.0999. The molecule has 1 aliphatic rings. The maximum atomic E-state index is 11.4. The van der Waals surface area contributed by atoms with E-state index in [4.69, 9.17) is 5.73 Å². The molecule has 0 bridgehead atoms. The molecule has 1 atom stereocenters. The second-order valence-corrected chi connectivity index (χ2v) is 4.79. The van der Waals surface area contributed by atoms with Gasteiger partial charge in [-0.15, -0.1) is 0 Å². The molecule has 1 fully saturated rings. The van der Waals surface area contributed by atoms with Crippen molar-refractivity contribution in [2.75, 3.05) is 11.4 Å². The van der Waals surface area contributed by atoms with E-state index in [1.165, 1.54) is 12.8 Å². The van der Waals surface area contributed by atoms with E-state index in [2.05, 4.69) is 16.8 Å². The molecule has 4 heteroatoms. The molecular formula is C13H19N3O. The van der Waals surface area contributed by atoms with Crippen LogP contribution in [-0.2, 0) is 0 Å². The zero-order valence-corrected chi connectivity index (χ0v) is 10.7. The van der Waals surface area contributed by atoms with E-state index in [1.807, 2.05) is 19.9 Å². The van der Waals surface area contributed by atoms with Crippen molar-refractivity contribution in [1.82, 2.24) is 4.98 Å². The summed E-state index contributed by atoms with van der Waals surface area (Å²) in [7, 11) is 0. The summed E-state index contributed by atoms with van der Waals surface area (Å²) in [5.41, 5.74) is 7.76. The van der Waals surface area contributed by atoms with Crippen molar-refractivity contribution in [2.45, 2.75) is 39.7 Å². The Kier molecular flexibility index (Phi) is 3.05. The number of hydrogen-bond donors (Lipinski definition) is 1. The third kappa shape index (κ3) is 2.12. The number of nitrogens with zero attached hydrogens (tertiary/aromatic N) is 2. The van der Waals surface area contributed by atoms with Gasteiger partial charge in [-0.25, -0.2) is 4.98 Å². The number of carbonyl (C=O) groups is 1. The highest BCUT2D eigenvalue weighted by molar-refractivity contribution is 5.95. The molecule has 1 aromatic heterocycles. The fourth-order valence-corrected chi connectivity index (χ4v) is 2.40. The first-order chi connectivity index (χ1) is 8.00. The average molecular weight is 233 g/mol. The summed E-state index contributed by atoms with van der Waals surface area (Å²) >= 11 is 0. The van der Waals surface area contributed by atoms with E-state index in [0.717, 1.165) is 23.6 Å². The van der Waals surface area contributed by atoms with Gasteiger partial charge in [0, 0.05) is 23.8 Å². The lowest BCUT2D eigenvalue weighted by Gasteiger charge is -2.24. The topological polar surface area (TPSA) is 59.2 Å². The summed E-state index contributed by atoms with van der Waals surface area (Å²) in [5.74, 6) is 0.507. The number of aryl methyl sites for hydroxylation is 1. The molecule has 2 rings (SSSR count). The highest BCUT2D eigenvalue weighted by Gasteiger charge is 2.23. The summed E-state index contributed by atoms with van der Waals surface area (Å²) < 4.78 is 0. The molecule has 0 saturated carbocycles. The lowest BCUT2D eigenvalue weighted by atomic mass is 10.1. The van der Waals surface area contributed by atoms with E-state index in [9.17, 15) is 4.79 Å².